The number of aromatic nitrogens is 1. The van der Waals surface area contributed by atoms with Crippen molar-refractivity contribution in [3.63, 3.8) is 0 Å². The summed E-state index contributed by atoms with van der Waals surface area (Å²) < 4.78 is 28.9. The summed E-state index contributed by atoms with van der Waals surface area (Å²) in [7, 11) is 1.35. The molecule has 0 aromatic carbocycles. The fourth-order valence-corrected chi connectivity index (χ4v) is 0.753. The van der Waals surface area contributed by atoms with Crippen LogP contribution >= 0.6 is 0 Å². The van der Waals surface area contributed by atoms with Gasteiger partial charge in [-0.25, -0.2) is 13.8 Å². The van der Waals surface area contributed by atoms with E-state index in [0.29, 0.717) is 0 Å². The van der Waals surface area contributed by atoms with Crippen molar-refractivity contribution in [1.82, 2.24) is 4.98 Å². The smallest absolute Gasteiger partial charge is 0.265 e. The van der Waals surface area contributed by atoms with Gasteiger partial charge in [-0.2, -0.15) is 0 Å². The number of rotatable bonds is 2. The van der Waals surface area contributed by atoms with Crippen LogP contribution in [0, 0.1) is 0 Å². The normalized spacial score (nSPS) is 10.3. The van der Waals surface area contributed by atoms with E-state index in [9.17, 15) is 8.78 Å². The highest BCUT2D eigenvalue weighted by Crippen LogP contribution is 2.25. The Balaban J connectivity index is 3.05. The van der Waals surface area contributed by atoms with Crippen LogP contribution in [0.1, 0.15) is 12.0 Å². The number of ether oxygens (including phenoxy) is 1. The SMILES string of the molecule is COc1cc(C(F)F)cnc1N. The highest BCUT2D eigenvalue weighted by molar-refractivity contribution is 5.47. The van der Waals surface area contributed by atoms with Crippen molar-refractivity contribution in [1.29, 1.82) is 0 Å². The Morgan fingerprint density at radius 1 is 1.58 bits per heavy atom. The minimum atomic E-state index is -2.55. The maximum Gasteiger partial charge on any atom is 0.265 e. The Kier molecular flexibility index (Phi) is 2.42. The van der Waals surface area contributed by atoms with Crippen LogP contribution in [0.5, 0.6) is 5.75 Å². The average molecular weight is 174 g/mol. The highest BCUT2D eigenvalue weighted by atomic mass is 19.3. The molecule has 1 rings (SSSR count). The standard InChI is InChI=1S/C7H8F2N2O/c1-12-5-2-4(6(8)9)3-11-7(5)10/h2-3,6H,1H3,(H2,10,11). The number of nitrogens with two attached hydrogens (primary N) is 1. The first-order chi connectivity index (χ1) is 5.65. The van der Waals surface area contributed by atoms with Crippen molar-refractivity contribution < 1.29 is 13.5 Å². The number of hydrogen-bond acceptors (Lipinski definition) is 3. The van der Waals surface area contributed by atoms with E-state index in [4.69, 9.17) is 10.5 Å². The number of anilines is 1. The Hall–Kier alpha value is -1.39. The molecule has 1 heterocycles. The number of nitrogen functional groups attached to an aromatic ring is 1. The van der Waals surface area contributed by atoms with Gasteiger partial charge in [0.25, 0.3) is 6.43 Å². The molecule has 0 bridgehead atoms. The quantitative estimate of drug-likeness (QED) is 0.740. The second-order valence-electron chi connectivity index (χ2n) is 2.16. The fourth-order valence-electron chi connectivity index (χ4n) is 0.753. The summed E-state index contributed by atoms with van der Waals surface area (Å²) >= 11 is 0. The van der Waals surface area contributed by atoms with E-state index in [0.717, 1.165) is 6.20 Å². The molecule has 0 radical (unpaired) electrons. The molecule has 0 amide bonds. The Labute approximate surface area is 68.2 Å². The van der Waals surface area contributed by atoms with Crippen molar-refractivity contribution in [2.24, 2.45) is 0 Å². The maximum absolute atomic E-state index is 12.1. The van der Waals surface area contributed by atoms with Gasteiger partial charge in [-0.15, -0.1) is 0 Å². The molecule has 1 aromatic heterocycles. The zero-order valence-electron chi connectivity index (χ0n) is 6.42. The Morgan fingerprint density at radius 2 is 2.25 bits per heavy atom. The van der Waals surface area contributed by atoms with Gasteiger partial charge in [0.1, 0.15) is 0 Å². The molecule has 1 aromatic rings. The summed E-state index contributed by atoms with van der Waals surface area (Å²) in [4.78, 5) is 3.54. The second kappa shape index (κ2) is 3.34. The van der Waals surface area contributed by atoms with Gasteiger partial charge in [-0.05, 0) is 6.07 Å². The number of pyridine rings is 1. The van der Waals surface area contributed by atoms with Crippen molar-refractivity contribution in [2.45, 2.75) is 6.43 Å². The molecule has 0 aliphatic heterocycles. The molecule has 0 spiro atoms. The Morgan fingerprint density at radius 3 is 2.75 bits per heavy atom. The molecule has 0 fully saturated rings. The number of hydrogen-bond donors (Lipinski definition) is 1. The lowest BCUT2D eigenvalue weighted by atomic mass is 10.3. The van der Waals surface area contributed by atoms with Crippen LogP contribution in [0.2, 0.25) is 0 Å². The van der Waals surface area contributed by atoms with Gasteiger partial charge in [0.15, 0.2) is 11.6 Å². The lowest BCUT2D eigenvalue weighted by Gasteiger charge is -2.04. The monoisotopic (exact) mass is 174 g/mol. The van der Waals surface area contributed by atoms with E-state index in [1.165, 1.54) is 13.2 Å². The molecule has 5 heteroatoms. The van der Waals surface area contributed by atoms with Crippen LogP contribution in [0.25, 0.3) is 0 Å². The van der Waals surface area contributed by atoms with Gasteiger partial charge < -0.3 is 10.5 Å². The fraction of sp³-hybridized carbons (Fsp3) is 0.286. The zero-order chi connectivity index (χ0) is 9.14. The molecule has 0 saturated carbocycles. The molecule has 2 N–H and O–H groups in total. The van der Waals surface area contributed by atoms with E-state index in [2.05, 4.69) is 4.98 Å². The second-order valence-corrected chi connectivity index (χ2v) is 2.16. The number of alkyl halides is 2. The van der Waals surface area contributed by atoms with E-state index < -0.39 is 6.43 Å². The van der Waals surface area contributed by atoms with Gasteiger partial charge >= 0.3 is 0 Å². The molecular formula is C7H8F2N2O. The van der Waals surface area contributed by atoms with Crippen LogP contribution in [0.4, 0.5) is 14.6 Å². The first-order valence-corrected chi connectivity index (χ1v) is 3.22. The lowest BCUT2D eigenvalue weighted by Crippen LogP contribution is -1.97. The Bertz CT molecular complexity index is 278. The summed E-state index contributed by atoms with van der Waals surface area (Å²) in [5.74, 6) is 0.287. The van der Waals surface area contributed by atoms with Crippen molar-refractivity contribution in [3.8, 4) is 5.75 Å². The maximum atomic E-state index is 12.1. The van der Waals surface area contributed by atoms with Crippen LogP contribution < -0.4 is 10.5 Å². The first kappa shape index (κ1) is 8.70. The molecule has 0 aliphatic rings. The molecule has 0 saturated heterocycles. The summed E-state index contributed by atoms with van der Waals surface area (Å²) in [6, 6.07) is 1.17. The zero-order valence-corrected chi connectivity index (χ0v) is 6.42. The summed E-state index contributed by atoms with van der Waals surface area (Å²) in [6.45, 7) is 0. The number of nitrogens with zero attached hydrogens (tertiary/aromatic N) is 1. The van der Waals surface area contributed by atoms with Crippen molar-refractivity contribution >= 4 is 5.82 Å². The molecular weight excluding hydrogens is 166 g/mol. The summed E-state index contributed by atoms with van der Waals surface area (Å²) in [6.07, 6.45) is -1.52. The predicted octanol–water partition coefficient (Wildman–Crippen LogP) is 1.61. The topological polar surface area (TPSA) is 48.1 Å². The van der Waals surface area contributed by atoms with E-state index >= 15 is 0 Å². The van der Waals surface area contributed by atoms with Crippen LogP contribution in [-0.2, 0) is 0 Å². The molecule has 12 heavy (non-hydrogen) atoms. The lowest BCUT2D eigenvalue weighted by molar-refractivity contribution is 0.150. The van der Waals surface area contributed by atoms with Gasteiger partial charge in [0.2, 0.25) is 0 Å². The highest BCUT2D eigenvalue weighted by Gasteiger charge is 2.10. The van der Waals surface area contributed by atoms with Gasteiger partial charge in [0, 0.05) is 11.8 Å². The average Bonchev–Trinajstić information content (AvgIpc) is 2.05. The van der Waals surface area contributed by atoms with E-state index in [1.54, 1.807) is 0 Å². The minimum Gasteiger partial charge on any atom is -0.493 e. The first-order valence-electron chi connectivity index (χ1n) is 3.22. The summed E-state index contributed by atoms with van der Waals surface area (Å²) in [5.41, 5.74) is 5.13. The minimum absolute atomic E-state index is 0.113. The van der Waals surface area contributed by atoms with E-state index in [1.807, 2.05) is 0 Å². The van der Waals surface area contributed by atoms with Gasteiger partial charge in [-0.1, -0.05) is 0 Å². The number of methoxy groups -OCH3 is 1. The molecule has 0 unspecified atom stereocenters. The van der Waals surface area contributed by atoms with Crippen LogP contribution in [-0.4, -0.2) is 12.1 Å². The third kappa shape index (κ3) is 1.61. The third-order valence-electron chi connectivity index (χ3n) is 1.37. The molecule has 0 aliphatic carbocycles. The number of halogens is 2. The largest absolute Gasteiger partial charge is 0.493 e. The van der Waals surface area contributed by atoms with Gasteiger partial charge in [-0.3, -0.25) is 0 Å². The molecule has 66 valence electrons. The predicted molar refractivity (Wildman–Crippen MR) is 40.2 cm³/mol. The molecule has 0 atom stereocenters. The van der Waals surface area contributed by atoms with Crippen LogP contribution in [0.3, 0.4) is 0 Å². The van der Waals surface area contributed by atoms with Gasteiger partial charge in [0.05, 0.1) is 7.11 Å². The summed E-state index contributed by atoms with van der Waals surface area (Å²) in [5, 5.41) is 0. The third-order valence-corrected chi connectivity index (χ3v) is 1.37. The van der Waals surface area contributed by atoms with Crippen molar-refractivity contribution in [3.05, 3.63) is 17.8 Å². The van der Waals surface area contributed by atoms with Crippen molar-refractivity contribution in [2.75, 3.05) is 12.8 Å². The van der Waals surface area contributed by atoms with E-state index in [-0.39, 0.29) is 17.1 Å². The molecule has 3 nitrogen and oxygen atoms in total. The van der Waals surface area contributed by atoms with Crippen LogP contribution in [0.15, 0.2) is 12.3 Å².